The van der Waals surface area contributed by atoms with Crippen LogP contribution in [0.1, 0.15) is 49.8 Å². The second-order valence-electron chi connectivity index (χ2n) is 8.99. The van der Waals surface area contributed by atoms with E-state index in [1.54, 1.807) is 7.11 Å². The van der Waals surface area contributed by atoms with Gasteiger partial charge in [0.15, 0.2) is 0 Å². The third-order valence-electron chi connectivity index (χ3n) is 6.65. The number of aryl methyl sites for hydroxylation is 1. The normalized spacial score (nSPS) is 24.2. The Hall–Kier alpha value is -2.82. The molecule has 4 rings (SSSR count). The SMILES string of the molecule is COc1ccc(C2C(C(=O)N3CCCC(C)C3)CCC(=O)N2c2ccc(C)cc2)cc1. The number of hydrogen-bond donors (Lipinski definition) is 0. The van der Waals surface area contributed by atoms with Crippen LogP contribution < -0.4 is 9.64 Å². The Balaban J connectivity index is 1.74. The van der Waals surface area contributed by atoms with Gasteiger partial charge < -0.3 is 14.5 Å². The number of carbonyl (C=O) groups excluding carboxylic acids is 2. The number of benzene rings is 2. The van der Waals surface area contributed by atoms with Gasteiger partial charge in [-0.15, -0.1) is 0 Å². The molecular weight excluding hydrogens is 388 g/mol. The lowest BCUT2D eigenvalue weighted by molar-refractivity contribution is -0.140. The van der Waals surface area contributed by atoms with Crippen molar-refractivity contribution in [2.45, 2.75) is 45.6 Å². The smallest absolute Gasteiger partial charge is 0.228 e. The van der Waals surface area contributed by atoms with Gasteiger partial charge in [-0.2, -0.15) is 0 Å². The van der Waals surface area contributed by atoms with E-state index in [2.05, 4.69) is 6.92 Å². The Bertz CT molecular complexity index is 923. The second-order valence-corrected chi connectivity index (χ2v) is 8.99. The Morgan fingerprint density at radius 2 is 1.74 bits per heavy atom. The molecule has 3 unspecified atom stereocenters. The number of carbonyl (C=O) groups is 2. The van der Waals surface area contributed by atoms with Gasteiger partial charge in [0.25, 0.3) is 0 Å². The summed E-state index contributed by atoms with van der Waals surface area (Å²) >= 11 is 0. The highest BCUT2D eigenvalue weighted by Crippen LogP contribution is 2.41. The summed E-state index contributed by atoms with van der Waals surface area (Å²) in [4.78, 5) is 30.7. The zero-order chi connectivity index (χ0) is 22.0. The minimum absolute atomic E-state index is 0.0701. The lowest BCUT2D eigenvalue weighted by Crippen LogP contribution is -2.51. The van der Waals surface area contributed by atoms with E-state index in [9.17, 15) is 9.59 Å². The molecule has 5 nitrogen and oxygen atoms in total. The number of nitrogens with zero attached hydrogens (tertiary/aromatic N) is 2. The zero-order valence-electron chi connectivity index (χ0n) is 18.7. The molecule has 0 N–H and O–H groups in total. The Labute approximate surface area is 185 Å². The van der Waals surface area contributed by atoms with E-state index >= 15 is 0 Å². The number of methoxy groups -OCH3 is 1. The molecule has 5 heteroatoms. The van der Waals surface area contributed by atoms with Gasteiger partial charge in [0, 0.05) is 25.2 Å². The fraction of sp³-hybridized carbons (Fsp3) is 0.462. The molecule has 3 atom stereocenters. The minimum atomic E-state index is -0.320. The Morgan fingerprint density at radius 1 is 1.03 bits per heavy atom. The highest BCUT2D eigenvalue weighted by molar-refractivity contribution is 5.97. The molecule has 0 aromatic heterocycles. The molecule has 2 aliphatic heterocycles. The van der Waals surface area contributed by atoms with Gasteiger partial charge in [-0.05, 0) is 61.9 Å². The van der Waals surface area contributed by atoms with E-state index in [0.717, 1.165) is 42.1 Å². The lowest BCUT2D eigenvalue weighted by atomic mass is 9.82. The molecule has 0 aliphatic carbocycles. The van der Waals surface area contributed by atoms with E-state index in [0.29, 0.717) is 18.8 Å². The lowest BCUT2D eigenvalue weighted by Gasteiger charge is -2.43. The molecule has 2 saturated heterocycles. The fourth-order valence-electron chi connectivity index (χ4n) is 4.97. The van der Waals surface area contributed by atoms with E-state index in [1.165, 1.54) is 6.42 Å². The fourth-order valence-corrected chi connectivity index (χ4v) is 4.97. The predicted octanol–water partition coefficient (Wildman–Crippen LogP) is 4.75. The van der Waals surface area contributed by atoms with Crippen molar-refractivity contribution in [3.8, 4) is 5.75 Å². The summed E-state index contributed by atoms with van der Waals surface area (Å²) in [7, 11) is 1.64. The number of anilines is 1. The molecule has 2 fully saturated rings. The number of piperidine rings is 2. The summed E-state index contributed by atoms with van der Waals surface area (Å²) in [5.74, 6) is 1.28. The molecule has 0 radical (unpaired) electrons. The van der Waals surface area contributed by atoms with Gasteiger partial charge in [0.05, 0.1) is 19.1 Å². The molecule has 0 saturated carbocycles. The third-order valence-corrected chi connectivity index (χ3v) is 6.65. The van der Waals surface area contributed by atoms with Crippen LogP contribution >= 0.6 is 0 Å². The molecule has 2 amide bonds. The van der Waals surface area contributed by atoms with Crippen LogP contribution in [0.4, 0.5) is 5.69 Å². The first-order valence-corrected chi connectivity index (χ1v) is 11.3. The minimum Gasteiger partial charge on any atom is -0.497 e. The summed E-state index contributed by atoms with van der Waals surface area (Å²) in [5.41, 5.74) is 2.96. The largest absolute Gasteiger partial charge is 0.497 e. The first kappa shape index (κ1) is 21.4. The van der Waals surface area contributed by atoms with Crippen molar-refractivity contribution in [3.05, 3.63) is 59.7 Å². The monoisotopic (exact) mass is 420 g/mol. The van der Waals surface area contributed by atoms with Crippen molar-refractivity contribution in [2.75, 3.05) is 25.1 Å². The van der Waals surface area contributed by atoms with Gasteiger partial charge in [-0.1, -0.05) is 36.8 Å². The van der Waals surface area contributed by atoms with Crippen LogP contribution in [0, 0.1) is 18.8 Å². The summed E-state index contributed by atoms with van der Waals surface area (Å²) in [5, 5.41) is 0. The first-order chi connectivity index (χ1) is 15.0. The van der Waals surface area contributed by atoms with Gasteiger partial charge in [0.2, 0.25) is 11.8 Å². The maximum absolute atomic E-state index is 13.7. The van der Waals surface area contributed by atoms with Gasteiger partial charge in [-0.25, -0.2) is 0 Å². The molecule has 164 valence electrons. The highest BCUT2D eigenvalue weighted by Gasteiger charge is 2.43. The molecule has 2 heterocycles. The topological polar surface area (TPSA) is 49.9 Å². The first-order valence-electron chi connectivity index (χ1n) is 11.3. The third kappa shape index (κ3) is 4.46. The van der Waals surface area contributed by atoms with Crippen molar-refractivity contribution in [2.24, 2.45) is 11.8 Å². The van der Waals surface area contributed by atoms with Gasteiger partial charge in [-0.3, -0.25) is 9.59 Å². The number of likely N-dealkylation sites (tertiary alicyclic amines) is 1. The van der Waals surface area contributed by atoms with Crippen LogP contribution in [-0.2, 0) is 9.59 Å². The maximum Gasteiger partial charge on any atom is 0.228 e. The summed E-state index contributed by atoms with van der Waals surface area (Å²) in [6.07, 6.45) is 3.19. The molecule has 31 heavy (non-hydrogen) atoms. The molecule has 2 aliphatic rings. The van der Waals surface area contributed by atoms with E-state index < -0.39 is 0 Å². The Morgan fingerprint density at radius 3 is 2.39 bits per heavy atom. The number of ether oxygens (including phenoxy) is 1. The molecular formula is C26H32N2O3. The van der Waals surface area contributed by atoms with Crippen molar-refractivity contribution >= 4 is 17.5 Å². The summed E-state index contributed by atoms with van der Waals surface area (Å²) < 4.78 is 5.33. The standard InChI is InChI=1S/C26H32N2O3/c1-18-6-10-21(11-7-18)28-24(29)15-14-23(26(30)27-16-4-5-19(2)17-27)25(28)20-8-12-22(31-3)13-9-20/h6-13,19,23,25H,4-5,14-17H2,1-3H3. The van der Waals surface area contributed by atoms with Crippen molar-refractivity contribution in [3.63, 3.8) is 0 Å². The summed E-state index contributed by atoms with van der Waals surface area (Å²) in [6, 6.07) is 15.5. The average Bonchev–Trinajstić information content (AvgIpc) is 2.79. The van der Waals surface area contributed by atoms with Gasteiger partial charge >= 0.3 is 0 Å². The van der Waals surface area contributed by atoms with Gasteiger partial charge in [0.1, 0.15) is 5.75 Å². The van der Waals surface area contributed by atoms with Crippen LogP contribution in [0.5, 0.6) is 5.75 Å². The second kappa shape index (κ2) is 9.13. The predicted molar refractivity (Wildman–Crippen MR) is 122 cm³/mol. The van der Waals surface area contributed by atoms with Crippen LogP contribution in [0.3, 0.4) is 0 Å². The van der Waals surface area contributed by atoms with Crippen LogP contribution in [0.25, 0.3) is 0 Å². The van der Waals surface area contributed by atoms with E-state index in [4.69, 9.17) is 4.74 Å². The number of amides is 2. The van der Waals surface area contributed by atoms with E-state index in [-0.39, 0.29) is 23.8 Å². The Kier molecular flexibility index (Phi) is 6.30. The summed E-state index contributed by atoms with van der Waals surface area (Å²) in [6.45, 7) is 5.87. The number of rotatable bonds is 4. The molecule has 0 bridgehead atoms. The van der Waals surface area contributed by atoms with Crippen molar-refractivity contribution in [1.82, 2.24) is 4.90 Å². The number of hydrogen-bond acceptors (Lipinski definition) is 3. The zero-order valence-corrected chi connectivity index (χ0v) is 18.7. The van der Waals surface area contributed by atoms with Crippen molar-refractivity contribution in [1.29, 1.82) is 0 Å². The molecule has 2 aromatic carbocycles. The molecule has 2 aromatic rings. The van der Waals surface area contributed by atoms with Crippen LogP contribution in [0.2, 0.25) is 0 Å². The highest BCUT2D eigenvalue weighted by atomic mass is 16.5. The average molecular weight is 421 g/mol. The maximum atomic E-state index is 13.7. The van der Waals surface area contributed by atoms with Crippen LogP contribution in [-0.4, -0.2) is 36.9 Å². The quantitative estimate of drug-likeness (QED) is 0.717. The molecule has 0 spiro atoms. The van der Waals surface area contributed by atoms with Crippen molar-refractivity contribution < 1.29 is 14.3 Å². The van der Waals surface area contributed by atoms with E-state index in [1.807, 2.05) is 65.3 Å². The van der Waals surface area contributed by atoms with Crippen LogP contribution in [0.15, 0.2) is 48.5 Å².